The average molecular weight is 387 g/mol. The summed E-state index contributed by atoms with van der Waals surface area (Å²) < 4.78 is 15.8. The second kappa shape index (κ2) is 7.61. The zero-order chi connectivity index (χ0) is 19.7. The van der Waals surface area contributed by atoms with Crippen LogP contribution in [-0.4, -0.2) is 54.8 Å². The lowest BCUT2D eigenvalue weighted by molar-refractivity contribution is -0.152. The summed E-state index contributed by atoms with van der Waals surface area (Å²) >= 11 is 0. The van der Waals surface area contributed by atoms with Crippen molar-refractivity contribution in [3.63, 3.8) is 0 Å². The maximum Gasteiger partial charge on any atom is 0.326 e. The maximum atomic E-state index is 12.4. The molecule has 4 rings (SSSR count). The second-order valence-electron chi connectivity index (χ2n) is 7.20. The van der Waals surface area contributed by atoms with Crippen molar-refractivity contribution in [3.05, 3.63) is 23.8 Å². The van der Waals surface area contributed by atoms with Crippen LogP contribution in [-0.2, 0) is 19.1 Å². The van der Waals surface area contributed by atoms with E-state index in [1.54, 1.807) is 18.2 Å². The van der Waals surface area contributed by atoms with Crippen LogP contribution in [0.3, 0.4) is 0 Å². The molecule has 1 aromatic carbocycles. The lowest BCUT2D eigenvalue weighted by atomic mass is 9.81. The number of imide groups is 1. The van der Waals surface area contributed by atoms with Crippen molar-refractivity contribution in [3.8, 4) is 11.5 Å². The zero-order valence-corrected chi connectivity index (χ0v) is 15.3. The van der Waals surface area contributed by atoms with Crippen molar-refractivity contribution in [1.29, 1.82) is 0 Å². The Labute approximate surface area is 161 Å². The molecule has 0 N–H and O–H groups in total. The molecule has 2 fully saturated rings. The third kappa shape index (κ3) is 3.46. The molecule has 0 aromatic heterocycles. The van der Waals surface area contributed by atoms with Gasteiger partial charge in [-0.1, -0.05) is 12.8 Å². The highest BCUT2D eigenvalue weighted by Crippen LogP contribution is 2.37. The van der Waals surface area contributed by atoms with Crippen LogP contribution in [0.4, 0.5) is 0 Å². The van der Waals surface area contributed by atoms with Gasteiger partial charge in [-0.25, -0.2) is 0 Å². The Hall–Kier alpha value is -2.90. The van der Waals surface area contributed by atoms with Crippen LogP contribution in [0.1, 0.15) is 36.0 Å². The summed E-state index contributed by atoms with van der Waals surface area (Å²) in [4.78, 5) is 50.1. The number of amides is 2. The summed E-state index contributed by atoms with van der Waals surface area (Å²) in [7, 11) is 0. The fourth-order valence-electron chi connectivity index (χ4n) is 4.01. The normalized spacial score (nSPS) is 23.4. The third-order valence-electron chi connectivity index (χ3n) is 5.45. The molecule has 0 spiro atoms. The summed E-state index contributed by atoms with van der Waals surface area (Å²) in [5.74, 6) is -1.37. The van der Waals surface area contributed by atoms with Crippen LogP contribution >= 0.6 is 0 Å². The Balaban J connectivity index is 1.32. The molecular weight excluding hydrogens is 366 g/mol. The molecule has 0 bridgehead atoms. The van der Waals surface area contributed by atoms with E-state index in [1.165, 1.54) is 0 Å². The van der Waals surface area contributed by atoms with E-state index in [1.807, 2.05) is 0 Å². The molecule has 1 aromatic rings. The van der Waals surface area contributed by atoms with Crippen molar-refractivity contribution in [2.45, 2.75) is 25.7 Å². The number of Topliss-reactive ketones (excluding diaryl/α,β-unsaturated/α-hetero) is 1. The number of benzene rings is 1. The lowest BCUT2D eigenvalue weighted by Crippen LogP contribution is -2.37. The number of fused-ring (bicyclic) bond motifs is 2. The van der Waals surface area contributed by atoms with E-state index < -0.39 is 24.9 Å². The quantitative estimate of drug-likeness (QED) is 0.427. The number of esters is 1. The lowest BCUT2D eigenvalue weighted by Gasteiger charge is -2.19. The molecule has 2 amide bonds. The fraction of sp³-hybridized carbons (Fsp3) is 0.500. The summed E-state index contributed by atoms with van der Waals surface area (Å²) in [5, 5.41) is 0. The number of rotatable bonds is 5. The van der Waals surface area contributed by atoms with Gasteiger partial charge in [0.05, 0.1) is 11.8 Å². The first-order chi connectivity index (χ1) is 13.5. The second-order valence-corrected chi connectivity index (χ2v) is 7.20. The van der Waals surface area contributed by atoms with Gasteiger partial charge in [0.15, 0.2) is 23.9 Å². The molecule has 148 valence electrons. The van der Waals surface area contributed by atoms with Crippen LogP contribution in [0.5, 0.6) is 11.5 Å². The Morgan fingerprint density at radius 1 is 1.00 bits per heavy atom. The SMILES string of the molecule is O=C(CN1C(=O)[C@H]2CCCC[C@@H]2C1=O)OCC(=O)c1ccc2c(c1)OCCO2. The summed E-state index contributed by atoms with van der Waals surface area (Å²) in [6.45, 7) is -0.0618. The van der Waals surface area contributed by atoms with Gasteiger partial charge in [-0.2, -0.15) is 0 Å². The molecule has 2 atom stereocenters. The minimum absolute atomic E-state index is 0.301. The van der Waals surface area contributed by atoms with E-state index >= 15 is 0 Å². The van der Waals surface area contributed by atoms with Crippen molar-refractivity contribution in [2.75, 3.05) is 26.4 Å². The molecule has 8 nitrogen and oxygen atoms in total. The molecule has 1 saturated heterocycles. The summed E-state index contributed by atoms with van der Waals surface area (Å²) in [5.41, 5.74) is 0.330. The van der Waals surface area contributed by atoms with E-state index in [0.29, 0.717) is 43.1 Å². The molecule has 0 radical (unpaired) electrons. The fourth-order valence-corrected chi connectivity index (χ4v) is 4.01. The van der Waals surface area contributed by atoms with Gasteiger partial charge in [0.25, 0.3) is 0 Å². The number of ketones is 1. The predicted octanol–water partition coefficient (Wildman–Crippen LogP) is 1.36. The minimum atomic E-state index is -0.772. The van der Waals surface area contributed by atoms with Crippen molar-refractivity contribution in [1.82, 2.24) is 4.90 Å². The minimum Gasteiger partial charge on any atom is -0.486 e. The van der Waals surface area contributed by atoms with E-state index in [9.17, 15) is 19.2 Å². The molecule has 3 aliphatic rings. The van der Waals surface area contributed by atoms with Crippen LogP contribution in [0.2, 0.25) is 0 Å². The topological polar surface area (TPSA) is 99.2 Å². The number of likely N-dealkylation sites (tertiary alicyclic amines) is 1. The standard InChI is InChI=1S/C20H21NO7/c22-15(12-5-6-16-17(9-12)27-8-7-26-16)11-28-18(23)10-21-19(24)13-3-1-2-4-14(13)20(21)25/h5-6,9,13-14H,1-4,7-8,10-11H2/t13-,14-/m0/s1. The zero-order valence-electron chi connectivity index (χ0n) is 15.3. The average Bonchev–Trinajstić information content (AvgIpc) is 2.97. The molecule has 1 saturated carbocycles. The number of carbonyl (C=O) groups is 4. The van der Waals surface area contributed by atoms with E-state index in [0.717, 1.165) is 17.7 Å². The van der Waals surface area contributed by atoms with E-state index in [4.69, 9.17) is 14.2 Å². The van der Waals surface area contributed by atoms with Gasteiger partial charge in [0.1, 0.15) is 19.8 Å². The number of nitrogens with zero attached hydrogens (tertiary/aromatic N) is 1. The van der Waals surface area contributed by atoms with E-state index in [2.05, 4.69) is 0 Å². The first-order valence-corrected chi connectivity index (χ1v) is 9.48. The number of hydrogen-bond donors (Lipinski definition) is 0. The molecule has 8 heteroatoms. The monoisotopic (exact) mass is 387 g/mol. The largest absolute Gasteiger partial charge is 0.486 e. The molecule has 2 aliphatic heterocycles. The van der Waals surface area contributed by atoms with Crippen molar-refractivity contribution < 1.29 is 33.4 Å². The van der Waals surface area contributed by atoms with Crippen LogP contribution in [0.25, 0.3) is 0 Å². The summed E-state index contributed by atoms with van der Waals surface area (Å²) in [6, 6.07) is 4.75. The Bertz CT molecular complexity index is 810. The number of hydrogen-bond acceptors (Lipinski definition) is 7. The van der Waals surface area contributed by atoms with Gasteiger partial charge < -0.3 is 14.2 Å². The van der Waals surface area contributed by atoms with Gasteiger partial charge in [0.2, 0.25) is 11.8 Å². The highest BCUT2D eigenvalue weighted by atomic mass is 16.6. The van der Waals surface area contributed by atoms with Crippen LogP contribution in [0, 0.1) is 11.8 Å². The van der Waals surface area contributed by atoms with Gasteiger partial charge in [-0.05, 0) is 31.0 Å². The highest BCUT2D eigenvalue weighted by molar-refractivity contribution is 6.07. The van der Waals surface area contributed by atoms with Crippen molar-refractivity contribution >= 4 is 23.6 Å². The third-order valence-corrected chi connectivity index (χ3v) is 5.45. The smallest absolute Gasteiger partial charge is 0.326 e. The van der Waals surface area contributed by atoms with Crippen LogP contribution in [0.15, 0.2) is 18.2 Å². The Kier molecular flexibility index (Phi) is 5.02. The molecule has 2 heterocycles. The first kappa shape index (κ1) is 18.5. The van der Waals surface area contributed by atoms with Gasteiger partial charge in [-0.3, -0.25) is 24.1 Å². The number of carbonyl (C=O) groups excluding carboxylic acids is 4. The highest BCUT2D eigenvalue weighted by Gasteiger charge is 2.48. The Morgan fingerprint density at radius 3 is 2.32 bits per heavy atom. The first-order valence-electron chi connectivity index (χ1n) is 9.48. The predicted molar refractivity (Wildman–Crippen MR) is 94.9 cm³/mol. The van der Waals surface area contributed by atoms with Gasteiger partial charge in [-0.15, -0.1) is 0 Å². The Morgan fingerprint density at radius 2 is 1.64 bits per heavy atom. The maximum absolute atomic E-state index is 12.4. The molecule has 1 aliphatic carbocycles. The molecule has 28 heavy (non-hydrogen) atoms. The van der Waals surface area contributed by atoms with Gasteiger partial charge in [0, 0.05) is 5.56 Å². The van der Waals surface area contributed by atoms with Crippen LogP contribution < -0.4 is 9.47 Å². The molecule has 0 unspecified atom stereocenters. The van der Waals surface area contributed by atoms with Crippen molar-refractivity contribution in [2.24, 2.45) is 11.8 Å². The summed E-state index contributed by atoms with van der Waals surface area (Å²) in [6.07, 6.45) is 3.21. The molecular formula is C20H21NO7. The number of ether oxygens (including phenoxy) is 3. The van der Waals surface area contributed by atoms with E-state index in [-0.39, 0.29) is 23.7 Å². The van der Waals surface area contributed by atoms with Gasteiger partial charge >= 0.3 is 5.97 Å².